The van der Waals surface area contributed by atoms with Crippen molar-refractivity contribution in [2.75, 3.05) is 6.54 Å². The lowest BCUT2D eigenvalue weighted by Crippen LogP contribution is -2.28. The predicted octanol–water partition coefficient (Wildman–Crippen LogP) is 4.28. The summed E-state index contributed by atoms with van der Waals surface area (Å²) in [6, 6.07) is 8.44. The van der Waals surface area contributed by atoms with Crippen LogP contribution in [0.5, 0.6) is 0 Å². The van der Waals surface area contributed by atoms with E-state index in [1.807, 2.05) is 24.4 Å². The Labute approximate surface area is 145 Å². The van der Waals surface area contributed by atoms with Gasteiger partial charge in [-0.25, -0.2) is 0 Å². The number of para-hydroxylation sites is 1. The number of benzene rings is 1. The van der Waals surface area contributed by atoms with Crippen LogP contribution in [0.3, 0.4) is 0 Å². The topological polar surface area (TPSA) is 42.3 Å². The average molecular weight is 338 g/mol. The summed E-state index contributed by atoms with van der Waals surface area (Å²) in [6.45, 7) is 4.32. The molecule has 122 valence electrons. The van der Waals surface area contributed by atoms with E-state index in [2.05, 4.69) is 30.4 Å². The van der Waals surface area contributed by atoms with Crippen molar-refractivity contribution in [2.24, 2.45) is 0 Å². The Morgan fingerprint density at radius 3 is 2.79 bits per heavy atom. The standard InChI is InChI=1S/C19H18N2O2S/c1-4-10-20-18(22)17(24-19(20)23)11-14-12-21(13(3)5-2)16-9-7-6-8-15(14)16/h1,6-9,11-13H,5,10H2,2-3H3/b17-11-/t13-/m0/s1. The van der Waals surface area contributed by atoms with E-state index in [1.165, 1.54) is 0 Å². The van der Waals surface area contributed by atoms with E-state index in [1.54, 1.807) is 6.08 Å². The maximum atomic E-state index is 12.4. The van der Waals surface area contributed by atoms with E-state index in [9.17, 15) is 9.59 Å². The first-order chi connectivity index (χ1) is 11.6. The highest BCUT2D eigenvalue weighted by Gasteiger charge is 2.34. The van der Waals surface area contributed by atoms with Gasteiger partial charge in [0, 0.05) is 28.7 Å². The predicted molar refractivity (Wildman–Crippen MR) is 98.5 cm³/mol. The van der Waals surface area contributed by atoms with Gasteiger partial charge in [0.1, 0.15) is 0 Å². The quantitative estimate of drug-likeness (QED) is 0.617. The highest BCUT2D eigenvalue weighted by atomic mass is 32.2. The second kappa shape index (κ2) is 6.58. The van der Waals surface area contributed by atoms with Gasteiger partial charge in [0.25, 0.3) is 11.1 Å². The highest BCUT2D eigenvalue weighted by Crippen LogP contribution is 2.34. The number of carbonyl (C=O) groups is 2. The lowest BCUT2D eigenvalue weighted by molar-refractivity contribution is -0.122. The molecule has 0 saturated carbocycles. The van der Waals surface area contributed by atoms with Gasteiger partial charge in [-0.1, -0.05) is 31.0 Å². The summed E-state index contributed by atoms with van der Waals surface area (Å²) < 4.78 is 2.22. The number of terminal acetylenes is 1. The van der Waals surface area contributed by atoms with Crippen LogP contribution in [0.4, 0.5) is 4.79 Å². The molecule has 0 bridgehead atoms. The van der Waals surface area contributed by atoms with Crippen LogP contribution in [0, 0.1) is 12.3 Å². The van der Waals surface area contributed by atoms with Crippen molar-refractivity contribution in [2.45, 2.75) is 26.3 Å². The molecule has 0 N–H and O–H groups in total. The minimum Gasteiger partial charge on any atom is -0.344 e. The van der Waals surface area contributed by atoms with Crippen molar-refractivity contribution in [1.82, 2.24) is 9.47 Å². The third-order valence-corrected chi connectivity index (χ3v) is 5.15. The zero-order valence-electron chi connectivity index (χ0n) is 13.7. The fourth-order valence-corrected chi connectivity index (χ4v) is 3.61. The number of imide groups is 1. The Morgan fingerprint density at radius 1 is 1.33 bits per heavy atom. The molecule has 0 aliphatic carbocycles. The molecule has 0 unspecified atom stereocenters. The van der Waals surface area contributed by atoms with Gasteiger partial charge in [-0.3, -0.25) is 14.5 Å². The van der Waals surface area contributed by atoms with Crippen LogP contribution < -0.4 is 0 Å². The van der Waals surface area contributed by atoms with Crippen LogP contribution in [0.1, 0.15) is 31.9 Å². The molecule has 2 heterocycles. The molecular formula is C19H18N2O2S. The molecule has 0 radical (unpaired) electrons. The lowest BCUT2D eigenvalue weighted by atomic mass is 10.1. The first kappa shape index (κ1) is 16.4. The molecule has 3 rings (SSSR count). The fourth-order valence-electron chi connectivity index (χ4n) is 2.78. The summed E-state index contributed by atoms with van der Waals surface area (Å²) in [5, 5.41) is 0.761. The van der Waals surface area contributed by atoms with Gasteiger partial charge in [0.2, 0.25) is 0 Å². The second-order valence-corrected chi connectivity index (χ2v) is 6.73. The summed E-state index contributed by atoms with van der Waals surface area (Å²) in [6.07, 6.45) is 10.1. The Bertz CT molecular complexity index is 888. The Kier molecular flexibility index (Phi) is 4.50. The molecule has 1 atom stereocenters. The molecule has 1 aromatic carbocycles. The maximum absolute atomic E-state index is 12.4. The summed E-state index contributed by atoms with van der Waals surface area (Å²) >= 11 is 0.942. The molecule has 2 amide bonds. The van der Waals surface area contributed by atoms with Crippen molar-refractivity contribution >= 4 is 39.9 Å². The molecule has 1 aromatic heterocycles. The summed E-state index contributed by atoms with van der Waals surface area (Å²) in [4.78, 5) is 25.8. The van der Waals surface area contributed by atoms with Crippen molar-refractivity contribution in [3.8, 4) is 12.3 Å². The van der Waals surface area contributed by atoms with Gasteiger partial charge in [-0.15, -0.1) is 6.42 Å². The number of fused-ring (bicyclic) bond motifs is 1. The SMILES string of the molecule is C#CCN1C(=O)S/C(=C\c2cn([C@@H](C)CC)c3ccccc23)C1=O. The summed E-state index contributed by atoms with van der Waals surface area (Å²) in [7, 11) is 0. The van der Waals surface area contributed by atoms with Crippen LogP contribution >= 0.6 is 11.8 Å². The van der Waals surface area contributed by atoms with Gasteiger partial charge in [0.15, 0.2) is 0 Å². The van der Waals surface area contributed by atoms with Crippen LogP contribution in [0.2, 0.25) is 0 Å². The average Bonchev–Trinajstić information content (AvgIpc) is 3.08. The van der Waals surface area contributed by atoms with Gasteiger partial charge in [0.05, 0.1) is 11.4 Å². The second-order valence-electron chi connectivity index (χ2n) is 5.74. The molecule has 1 fully saturated rings. The lowest BCUT2D eigenvalue weighted by Gasteiger charge is -2.12. The largest absolute Gasteiger partial charge is 0.344 e. The fraction of sp³-hybridized carbons (Fsp3) is 0.263. The van der Waals surface area contributed by atoms with Crippen LogP contribution in [-0.4, -0.2) is 27.2 Å². The first-order valence-corrected chi connectivity index (χ1v) is 8.66. The number of amides is 2. The van der Waals surface area contributed by atoms with Crippen LogP contribution in [-0.2, 0) is 4.79 Å². The smallest absolute Gasteiger partial charge is 0.294 e. The summed E-state index contributed by atoms with van der Waals surface area (Å²) in [5.41, 5.74) is 2.07. The number of hydrogen-bond acceptors (Lipinski definition) is 3. The zero-order chi connectivity index (χ0) is 17.3. The van der Waals surface area contributed by atoms with E-state index >= 15 is 0 Å². The Balaban J connectivity index is 2.07. The van der Waals surface area contributed by atoms with Gasteiger partial charge < -0.3 is 4.57 Å². The molecule has 2 aromatic rings. The van der Waals surface area contributed by atoms with Crippen LogP contribution in [0.25, 0.3) is 17.0 Å². The maximum Gasteiger partial charge on any atom is 0.294 e. The van der Waals surface area contributed by atoms with Gasteiger partial charge in [-0.2, -0.15) is 0 Å². The van der Waals surface area contributed by atoms with E-state index in [4.69, 9.17) is 6.42 Å². The molecule has 5 heteroatoms. The third-order valence-electron chi connectivity index (χ3n) is 4.25. The molecular weight excluding hydrogens is 320 g/mol. The van der Waals surface area contributed by atoms with Gasteiger partial charge in [-0.05, 0) is 37.2 Å². The third kappa shape index (κ3) is 2.74. The Morgan fingerprint density at radius 2 is 2.08 bits per heavy atom. The molecule has 1 aliphatic heterocycles. The van der Waals surface area contributed by atoms with E-state index < -0.39 is 0 Å². The molecule has 0 spiro atoms. The Hall–Kier alpha value is -2.45. The van der Waals surface area contributed by atoms with E-state index in [0.717, 1.165) is 39.5 Å². The number of nitrogens with zero attached hydrogens (tertiary/aromatic N) is 2. The minimum absolute atomic E-state index is 0.0106. The molecule has 24 heavy (non-hydrogen) atoms. The van der Waals surface area contributed by atoms with Crippen molar-refractivity contribution in [3.63, 3.8) is 0 Å². The first-order valence-electron chi connectivity index (χ1n) is 7.85. The molecule has 1 saturated heterocycles. The van der Waals surface area contributed by atoms with E-state index in [-0.39, 0.29) is 17.7 Å². The number of thioether (sulfide) groups is 1. The zero-order valence-corrected chi connectivity index (χ0v) is 14.5. The number of hydrogen-bond donors (Lipinski definition) is 0. The number of aromatic nitrogens is 1. The highest BCUT2D eigenvalue weighted by molar-refractivity contribution is 8.18. The van der Waals surface area contributed by atoms with Crippen molar-refractivity contribution < 1.29 is 9.59 Å². The number of carbonyl (C=O) groups excluding carboxylic acids is 2. The minimum atomic E-state index is -0.316. The van der Waals surface area contributed by atoms with E-state index in [0.29, 0.717) is 10.9 Å². The van der Waals surface area contributed by atoms with Crippen molar-refractivity contribution in [3.05, 3.63) is 40.9 Å². The normalized spacial score (nSPS) is 17.7. The summed E-state index contributed by atoms with van der Waals surface area (Å²) in [5.74, 6) is 2.03. The monoisotopic (exact) mass is 338 g/mol. The molecule has 1 aliphatic rings. The van der Waals surface area contributed by atoms with Gasteiger partial charge >= 0.3 is 0 Å². The van der Waals surface area contributed by atoms with Crippen molar-refractivity contribution in [1.29, 1.82) is 0 Å². The van der Waals surface area contributed by atoms with Crippen LogP contribution in [0.15, 0.2) is 35.4 Å². The molecule has 4 nitrogen and oxygen atoms in total. The number of rotatable bonds is 4.